The molecule has 1 aromatic carbocycles. The molecule has 0 unspecified atom stereocenters. The maximum Gasteiger partial charge on any atom is 0.194 e. The number of aryl methyl sites for hydroxylation is 1. The number of benzene rings is 1. The summed E-state index contributed by atoms with van der Waals surface area (Å²) in [6.45, 7) is 4.40. The molecule has 102 valence electrons. The van der Waals surface area contributed by atoms with Gasteiger partial charge in [-0.15, -0.1) is 0 Å². The van der Waals surface area contributed by atoms with Gasteiger partial charge in [-0.2, -0.15) is 0 Å². The normalized spacial score (nSPS) is 11.0. The van der Waals surface area contributed by atoms with Crippen LogP contribution in [0.1, 0.15) is 19.2 Å². The Labute approximate surface area is 108 Å². The Balaban J connectivity index is 2.57. The molecule has 0 aliphatic rings. The quantitative estimate of drug-likeness (QED) is 0.869. The summed E-state index contributed by atoms with van der Waals surface area (Å²) < 4.78 is 41.1. The molecule has 0 radical (unpaired) electrons. The molecule has 0 spiro atoms. The first-order valence-electron chi connectivity index (χ1n) is 5.93. The van der Waals surface area contributed by atoms with Crippen LogP contribution in [0, 0.1) is 24.4 Å². The molecule has 2 aromatic rings. The summed E-state index contributed by atoms with van der Waals surface area (Å²) in [7, 11) is 0. The molecule has 0 bridgehead atoms. The van der Waals surface area contributed by atoms with Crippen LogP contribution in [0.15, 0.2) is 12.1 Å². The molecule has 1 heterocycles. The minimum absolute atomic E-state index is 0.131. The smallest absolute Gasteiger partial charge is 0.194 e. The average Bonchev–Trinajstić information content (AvgIpc) is 2.64. The fraction of sp³-hybridized carbons (Fsp3) is 0.308. The summed E-state index contributed by atoms with van der Waals surface area (Å²) in [5, 5.41) is 0. The third kappa shape index (κ3) is 2.30. The van der Waals surface area contributed by atoms with Crippen molar-refractivity contribution in [3.63, 3.8) is 0 Å². The molecular weight excluding hydrogens is 255 g/mol. The van der Waals surface area contributed by atoms with Crippen molar-refractivity contribution in [1.82, 2.24) is 9.55 Å². The van der Waals surface area contributed by atoms with Crippen LogP contribution >= 0.6 is 0 Å². The summed E-state index contributed by atoms with van der Waals surface area (Å²) in [4.78, 5) is 4.19. The molecule has 2 N–H and O–H groups in total. The lowest BCUT2D eigenvalue weighted by molar-refractivity contribution is 0.447. The number of imidazole rings is 1. The summed E-state index contributed by atoms with van der Waals surface area (Å²) in [5.41, 5.74) is 6.32. The second kappa shape index (κ2) is 4.95. The number of anilines is 1. The molecule has 0 fully saturated rings. The topological polar surface area (TPSA) is 43.8 Å². The Hall–Kier alpha value is -1.98. The van der Waals surface area contributed by atoms with E-state index < -0.39 is 17.5 Å². The zero-order chi connectivity index (χ0) is 14.2. The van der Waals surface area contributed by atoms with Gasteiger partial charge in [-0.1, -0.05) is 6.92 Å². The molecule has 6 heteroatoms. The third-order valence-corrected chi connectivity index (χ3v) is 2.90. The van der Waals surface area contributed by atoms with Gasteiger partial charge in [0.2, 0.25) is 0 Å². The molecule has 0 amide bonds. The van der Waals surface area contributed by atoms with E-state index in [1.54, 1.807) is 11.5 Å². The van der Waals surface area contributed by atoms with Crippen LogP contribution in [0.25, 0.3) is 11.3 Å². The van der Waals surface area contributed by atoms with Crippen LogP contribution in [-0.2, 0) is 6.54 Å². The zero-order valence-corrected chi connectivity index (χ0v) is 10.7. The van der Waals surface area contributed by atoms with E-state index >= 15 is 0 Å². The van der Waals surface area contributed by atoms with Crippen molar-refractivity contribution in [3.8, 4) is 11.3 Å². The van der Waals surface area contributed by atoms with Gasteiger partial charge in [0.15, 0.2) is 17.5 Å². The lowest BCUT2D eigenvalue weighted by atomic mass is 10.1. The van der Waals surface area contributed by atoms with E-state index in [0.29, 0.717) is 18.2 Å². The van der Waals surface area contributed by atoms with Gasteiger partial charge in [0, 0.05) is 12.1 Å². The molecule has 0 aliphatic heterocycles. The summed E-state index contributed by atoms with van der Waals surface area (Å²) in [6.07, 6.45) is 0.854. The van der Waals surface area contributed by atoms with Crippen LogP contribution in [-0.4, -0.2) is 9.55 Å². The molecule has 0 atom stereocenters. The van der Waals surface area contributed by atoms with Crippen LogP contribution in [0.3, 0.4) is 0 Å². The van der Waals surface area contributed by atoms with Crippen LogP contribution < -0.4 is 5.73 Å². The maximum absolute atomic E-state index is 13.2. The predicted octanol–water partition coefficient (Wildman–Crippen LogP) is 3.27. The number of aromatic nitrogens is 2. The largest absolute Gasteiger partial charge is 0.383 e. The molecule has 1 aromatic heterocycles. The van der Waals surface area contributed by atoms with E-state index in [1.807, 2.05) is 6.92 Å². The Bertz CT molecular complexity index is 597. The third-order valence-electron chi connectivity index (χ3n) is 2.90. The monoisotopic (exact) mass is 269 g/mol. The van der Waals surface area contributed by atoms with Crippen molar-refractivity contribution in [1.29, 1.82) is 0 Å². The van der Waals surface area contributed by atoms with Crippen molar-refractivity contribution in [2.75, 3.05) is 5.73 Å². The van der Waals surface area contributed by atoms with E-state index in [1.165, 1.54) is 0 Å². The zero-order valence-electron chi connectivity index (χ0n) is 10.7. The molecule has 0 aliphatic carbocycles. The fourth-order valence-corrected chi connectivity index (χ4v) is 1.99. The lowest BCUT2D eigenvalue weighted by Gasteiger charge is -2.06. The van der Waals surface area contributed by atoms with E-state index in [9.17, 15) is 13.2 Å². The number of hydrogen-bond donors (Lipinski definition) is 1. The Morgan fingerprint density at radius 2 is 1.79 bits per heavy atom. The first kappa shape index (κ1) is 13.5. The minimum Gasteiger partial charge on any atom is -0.383 e. The van der Waals surface area contributed by atoms with Crippen LogP contribution in [0.2, 0.25) is 0 Å². The number of hydrogen-bond acceptors (Lipinski definition) is 2. The lowest BCUT2D eigenvalue weighted by Crippen LogP contribution is -2.04. The Kier molecular flexibility index (Phi) is 3.50. The van der Waals surface area contributed by atoms with Gasteiger partial charge in [-0.25, -0.2) is 18.2 Å². The highest BCUT2D eigenvalue weighted by Gasteiger charge is 2.17. The van der Waals surface area contributed by atoms with Crippen molar-refractivity contribution in [2.45, 2.75) is 26.8 Å². The van der Waals surface area contributed by atoms with Crippen molar-refractivity contribution >= 4 is 5.82 Å². The van der Waals surface area contributed by atoms with Gasteiger partial charge in [0.1, 0.15) is 17.3 Å². The van der Waals surface area contributed by atoms with E-state index in [4.69, 9.17) is 5.73 Å². The first-order chi connectivity index (χ1) is 8.95. The number of nitrogens with two attached hydrogens (primary N) is 1. The number of nitrogens with zero attached hydrogens (tertiary/aromatic N) is 2. The van der Waals surface area contributed by atoms with Crippen molar-refractivity contribution in [2.24, 2.45) is 0 Å². The Morgan fingerprint density at radius 3 is 2.32 bits per heavy atom. The summed E-state index contributed by atoms with van der Waals surface area (Å²) in [6, 6.07) is 1.79. The Morgan fingerprint density at radius 1 is 1.21 bits per heavy atom. The molecular formula is C13H14F3N3. The molecule has 2 rings (SSSR count). The van der Waals surface area contributed by atoms with Gasteiger partial charge in [-0.05, 0) is 25.5 Å². The molecule has 0 saturated heterocycles. The van der Waals surface area contributed by atoms with Crippen LogP contribution in [0.5, 0.6) is 0 Å². The van der Waals surface area contributed by atoms with Crippen molar-refractivity contribution < 1.29 is 13.2 Å². The minimum atomic E-state index is -1.49. The first-order valence-corrected chi connectivity index (χ1v) is 5.93. The average molecular weight is 269 g/mol. The van der Waals surface area contributed by atoms with E-state index in [2.05, 4.69) is 4.98 Å². The number of halogens is 3. The van der Waals surface area contributed by atoms with E-state index in [-0.39, 0.29) is 11.3 Å². The highest BCUT2D eigenvalue weighted by Crippen LogP contribution is 2.28. The van der Waals surface area contributed by atoms with Gasteiger partial charge >= 0.3 is 0 Å². The molecule has 19 heavy (non-hydrogen) atoms. The van der Waals surface area contributed by atoms with Crippen LogP contribution in [0.4, 0.5) is 19.0 Å². The van der Waals surface area contributed by atoms with Gasteiger partial charge in [0.25, 0.3) is 0 Å². The van der Waals surface area contributed by atoms with E-state index in [0.717, 1.165) is 18.6 Å². The van der Waals surface area contributed by atoms with Crippen molar-refractivity contribution in [3.05, 3.63) is 35.4 Å². The molecule has 0 saturated carbocycles. The maximum atomic E-state index is 13.2. The van der Waals surface area contributed by atoms with Gasteiger partial charge in [0.05, 0.1) is 0 Å². The fourth-order valence-electron chi connectivity index (χ4n) is 1.99. The highest BCUT2D eigenvalue weighted by molar-refractivity contribution is 5.71. The number of rotatable bonds is 3. The second-order valence-electron chi connectivity index (χ2n) is 4.30. The standard InChI is InChI=1S/C13H14F3N3/c1-3-4-19-7(2)18-12(13(19)17)8-5-9(14)11(16)10(15)6-8/h5-6H,3-4,17H2,1-2H3. The summed E-state index contributed by atoms with van der Waals surface area (Å²) in [5.74, 6) is -3.02. The van der Waals surface area contributed by atoms with Gasteiger partial charge < -0.3 is 10.3 Å². The number of nitrogen functional groups attached to an aromatic ring is 1. The highest BCUT2D eigenvalue weighted by atomic mass is 19.2. The van der Waals surface area contributed by atoms with Gasteiger partial charge in [-0.3, -0.25) is 0 Å². The summed E-state index contributed by atoms with van der Waals surface area (Å²) >= 11 is 0. The second-order valence-corrected chi connectivity index (χ2v) is 4.30. The molecule has 3 nitrogen and oxygen atoms in total. The SMILES string of the molecule is CCCn1c(C)nc(-c2cc(F)c(F)c(F)c2)c1N. The predicted molar refractivity (Wildman–Crippen MR) is 67.0 cm³/mol.